The van der Waals surface area contributed by atoms with Gasteiger partial charge in [-0.25, -0.2) is 9.97 Å². The molecular weight excluding hydrogens is 376 g/mol. The number of aromatic nitrogens is 2. The quantitative estimate of drug-likeness (QED) is 0.656. The molecule has 0 amide bonds. The highest BCUT2D eigenvalue weighted by molar-refractivity contribution is 5.67. The van der Waals surface area contributed by atoms with Gasteiger partial charge in [-0.05, 0) is 29.8 Å². The van der Waals surface area contributed by atoms with Crippen LogP contribution in [-0.4, -0.2) is 17.1 Å². The lowest BCUT2D eigenvalue weighted by Gasteiger charge is -2.29. The first-order valence-electron chi connectivity index (χ1n) is 9.68. The highest BCUT2D eigenvalue weighted by atomic mass is 16.5. The van der Waals surface area contributed by atoms with Crippen LogP contribution in [-0.2, 0) is 16.9 Å². The Bertz CT molecular complexity index is 1100. The minimum absolute atomic E-state index is 0.412. The van der Waals surface area contributed by atoms with E-state index in [1.807, 2.05) is 66.7 Å². The topological polar surface area (TPSA) is 96.3 Å². The van der Waals surface area contributed by atoms with Gasteiger partial charge in [0, 0.05) is 12.0 Å². The number of para-hydroxylation sites is 1. The van der Waals surface area contributed by atoms with Gasteiger partial charge in [0.15, 0.2) is 0 Å². The SMILES string of the molecule is COC1=C(N)CC(N)(c2cc(-c3ccccc3OCc3ccccc3)ncn2)C=C1. The van der Waals surface area contributed by atoms with Gasteiger partial charge in [0.25, 0.3) is 0 Å². The summed E-state index contributed by atoms with van der Waals surface area (Å²) in [5.41, 5.74) is 15.9. The Labute approximate surface area is 175 Å². The summed E-state index contributed by atoms with van der Waals surface area (Å²) in [6.07, 6.45) is 5.59. The standard InChI is InChI=1S/C24H24N4O2/c1-29-22-11-12-24(26,14-19(22)25)23-13-20(27-16-28-23)18-9-5-6-10-21(18)30-15-17-7-3-2-4-8-17/h2-13,16H,14-15,25-26H2,1H3. The monoisotopic (exact) mass is 400 g/mol. The maximum absolute atomic E-state index is 6.63. The average Bonchev–Trinajstić information content (AvgIpc) is 2.79. The molecule has 0 saturated carbocycles. The van der Waals surface area contributed by atoms with E-state index in [-0.39, 0.29) is 0 Å². The minimum Gasteiger partial charge on any atom is -0.495 e. The second-order valence-corrected chi connectivity index (χ2v) is 7.20. The number of rotatable bonds is 6. The summed E-state index contributed by atoms with van der Waals surface area (Å²) in [5.74, 6) is 1.38. The van der Waals surface area contributed by atoms with Crippen molar-refractivity contribution in [2.24, 2.45) is 11.5 Å². The number of allylic oxidation sites excluding steroid dienone is 1. The summed E-state index contributed by atoms with van der Waals surface area (Å²) >= 11 is 0. The first-order valence-corrected chi connectivity index (χ1v) is 9.68. The Kier molecular flexibility index (Phi) is 5.50. The number of ether oxygens (including phenoxy) is 2. The molecule has 0 spiro atoms. The van der Waals surface area contributed by atoms with Crippen LogP contribution in [0.1, 0.15) is 17.7 Å². The molecule has 2 aromatic carbocycles. The molecule has 1 aromatic heterocycles. The van der Waals surface area contributed by atoms with E-state index in [0.717, 1.165) is 22.6 Å². The summed E-state index contributed by atoms with van der Waals surface area (Å²) in [5, 5.41) is 0. The summed E-state index contributed by atoms with van der Waals surface area (Å²) < 4.78 is 11.4. The molecule has 6 heteroatoms. The Hall–Kier alpha value is -3.64. The summed E-state index contributed by atoms with van der Waals surface area (Å²) in [6.45, 7) is 0.473. The molecule has 1 unspecified atom stereocenters. The highest BCUT2D eigenvalue weighted by Crippen LogP contribution is 2.34. The molecule has 0 fully saturated rings. The van der Waals surface area contributed by atoms with E-state index in [2.05, 4.69) is 9.97 Å². The van der Waals surface area contributed by atoms with Crippen molar-refractivity contribution in [3.63, 3.8) is 0 Å². The molecule has 0 radical (unpaired) electrons. The van der Waals surface area contributed by atoms with Gasteiger partial charge < -0.3 is 20.9 Å². The molecule has 1 aliphatic carbocycles. The predicted molar refractivity (Wildman–Crippen MR) is 116 cm³/mol. The third kappa shape index (κ3) is 4.04. The summed E-state index contributed by atoms with van der Waals surface area (Å²) in [7, 11) is 1.59. The van der Waals surface area contributed by atoms with Crippen LogP contribution in [0, 0.1) is 0 Å². The van der Waals surface area contributed by atoms with Gasteiger partial charge in [-0.2, -0.15) is 0 Å². The maximum Gasteiger partial charge on any atom is 0.137 e. The number of benzene rings is 2. The van der Waals surface area contributed by atoms with Crippen LogP contribution in [0.3, 0.4) is 0 Å². The zero-order chi connectivity index (χ0) is 21.0. The zero-order valence-electron chi connectivity index (χ0n) is 16.8. The van der Waals surface area contributed by atoms with Gasteiger partial charge in [-0.1, -0.05) is 48.5 Å². The van der Waals surface area contributed by atoms with Crippen molar-refractivity contribution >= 4 is 0 Å². The zero-order valence-corrected chi connectivity index (χ0v) is 16.8. The molecule has 0 aliphatic heterocycles. The van der Waals surface area contributed by atoms with Crippen molar-refractivity contribution in [1.29, 1.82) is 0 Å². The van der Waals surface area contributed by atoms with E-state index < -0.39 is 5.54 Å². The van der Waals surface area contributed by atoms with Crippen molar-refractivity contribution in [3.05, 3.63) is 102 Å². The predicted octanol–water partition coefficient (Wildman–Crippen LogP) is 3.65. The van der Waals surface area contributed by atoms with E-state index >= 15 is 0 Å². The van der Waals surface area contributed by atoms with E-state index in [9.17, 15) is 0 Å². The lowest BCUT2D eigenvalue weighted by atomic mass is 9.86. The summed E-state index contributed by atoms with van der Waals surface area (Å²) in [4.78, 5) is 8.88. The van der Waals surface area contributed by atoms with E-state index in [1.165, 1.54) is 6.33 Å². The number of methoxy groups -OCH3 is 1. The van der Waals surface area contributed by atoms with Crippen LogP contribution in [0.5, 0.6) is 5.75 Å². The lowest BCUT2D eigenvalue weighted by molar-refractivity contribution is 0.292. The third-order valence-electron chi connectivity index (χ3n) is 5.10. The van der Waals surface area contributed by atoms with Crippen molar-refractivity contribution < 1.29 is 9.47 Å². The van der Waals surface area contributed by atoms with Crippen LogP contribution in [0.25, 0.3) is 11.3 Å². The number of hydrogen-bond donors (Lipinski definition) is 2. The molecule has 152 valence electrons. The fourth-order valence-electron chi connectivity index (χ4n) is 3.47. The van der Waals surface area contributed by atoms with Crippen LogP contribution >= 0.6 is 0 Å². The van der Waals surface area contributed by atoms with Gasteiger partial charge in [0.2, 0.25) is 0 Å². The largest absolute Gasteiger partial charge is 0.495 e. The van der Waals surface area contributed by atoms with Gasteiger partial charge in [-0.15, -0.1) is 0 Å². The van der Waals surface area contributed by atoms with Gasteiger partial charge in [-0.3, -0.25) is 0 Å². The van der Waals surface area contributed by atoms with Crippen LogP contribution in [0.2, 0.25) is 0 Å². The van der Waals surface area contributed by atoms with E-state index in [1.54, 1.807) is 13.2 Å². The Morgan fingerprint density at radius 2 is 1.80 bits per heavy atom. The molecule has 0 bridgehead atoms. The highest BCUT2D eigenvalue weighted by Gasteiger charge is 2.31. The Balaban J connectivity index is 1.62. The first kappa shape index (κ1) is 19.7. The van der Waals surface area contributed by atoms with Gasteiger partial charge >= 0.3 is 0 Å². The maximum atomic E-state index is 6.63. The smallest absolute Gasteiger partial charge is 0.137 e. The molecule has 30 heavy (non-hydrogen) atoms. The molecule has 4 rings (SSSR count). The molecule has 3 aromatic rings. The molecule has 1 atom stereocenters. The first-order chi connectivity index (χ1) is 14.6. The molecule has 4 N–H and O–H groups in total. The van der Waals surface area contributed by atoms with Crippen LogP contribution in [0.4, 0.5) is 0 Å². The second kappa shape index (κ2) is 8.39. The third-order valence-corrected chi connectivity index (χ3v) is 5.10. The Morgan fingerprint density at radius 1 is 1.03 bits per heavy atom. The van der Waals surface area contributed by atoms with Crippen LogP contribution < -0.4 is 16.2 Å². The normalized spacial score (nSPS) is 18.3. The molecule has 1 heterocycles. The lowest BCUT2D eigenvalue weighted by Crippen LogP contribution is -2.39. The minimum atomic E-state index is -0.830. The van der Waals surface area contributed by atoms with Crippen molar-refractivity contribution in [1.82, 2.24) is 9.97 Å². The van der Waals surface area contributed by atoms with Gasteiger partial charge in [0.05, 0.1) is 29.7 Å². The average molecular weight is 400 g/mol. The van der Waals surface area contributed by atoms with Crippen LogP contribution in [0.15, 0.2) is 90.6 Å². The summed E-state index contributed by atoms with van der Waals surface area (Å²) in [6, 6.07) is 19.7. The number of nitrogens with zero attached hydrogens (tertiary/aromatic N) is 2. The van der Waals surface area contributed by atoms with E-state index in [0.29, 0.717) is 30.2 Å². The molecule has 6 nitrogen and oxygen atoms in total. The molecule has 1 aliphatic rings. The molecular formula is C24H24N4O2. The number of nitrogens with two attached hydrogens (primary N) is 2. The Morgan fingerprint density at radius 3 is 2.57 bits per heavy atom. The van der Waals surface area contributed by atoms with Gasteiger partial charge in [0.1, 0.15) is 24.4 Å². The van der Waals surface area contributed by atoms with Crippen molar-refractivity contribution in [3.8, 4) is 17.0 Å². The van der Waals surface area contributed by atoms with Crippen molar-refractivity contribution in [2.45, 2.75) is 18.6 Å². The van der Waals surface area contributed by atoms with Crippen molar-refractivity contribution in [2.75, 3.05) is 7.11 Å². The van der Waals surface area contributed by atoms with E-state index in [4.69, 9.17) is 20.9 Å². The fraction of sp³-hybridized carbons (Fsp3) is 0.167. The molecule has 0 saturated heterocycles. The number of hydrogen-bond acceptors (Lipinski definition) is 6. The second-order valence-electron chi connectivity index (χ2n) is 7.20. The fourth-order valence-corrected chi connectivity index (χ4v) is 3.47.